The Morgan fingerprint density at radius 2 is 2.29 bits per heavy atom. The van der Waals surface area contributed by atoms with E-state index in [0.717, 1.165) is 10.4 Å². The third kappa shape index (κ3) is 3.02. The van der Waals surface area contributed by atoms with E-state index in [0.29, 0.717) is 6.54 Å². The summed E-state index contributed by atoms with van der Waals surface area (Å²) in [6.07, 6.45) is 3.95. The van der Waals surface area contributed by atoms with Crippen molar-refractivity contribution >= 4 is 21.6 Å². The van der Waals surface area contributed by atoms with E-state index >= 15 is 0 Å². The van der Waals surface area contributed by atoms with E-state index < -0.39 is 0 Å². The maximum absolute atomic E-state index is 5.83. The van der Waals surface area contributed by atoms with Gasteiger partial charge in [-0.25, -0.2) is 0 Å². The number of benzene rings is 1. The molecule has 1 unspecified atom stereocenters. The summed E-state index contributed by atoms with van der Waals surface area (Å²) in [5.74, 6) is 0.841. The van der Waals surface area contributed by atoms with Crippen molar-refractivity contribution in [2.75, 3.05) is 18.0 Å². The predicted molar refractivity (Wildman–Crippen MR) is 77.3 cm³/mol. The number of rotatable bonds is 3. The lowest BCUT2D eigenvalue weighted by Crippen LogP contribution is -2.35. The molecule has 1 fully saturated rings. The van der Waals surface area contributed by atoms with Gasteiger partial charge in [-0.05, 0) is 36.5 Å². The minimum absolute atomic E-state index is 0.621. The summed E-state index contributed by atoms with van der Waals surface area (Å²) in [6, 6.07) is 6.42. The second kappa shape index (κ2) is 5.87. The topological polar surface area (TPSA) is 29.3 Å². The first-order chi connectivity index (χ1) is 8.24. The highest BCUT2D eigenvalue weighted by Crippen LogP contribution is 2.29. The lowest BCUT2D eigenvalue weighted by molar-refractivity contribution is 0.404. The molecule has 1 heterocycles. The van der Waals surface area contributed by atoms with Crippen LogP contribution in [0.4, 0.5) is 5.69 Å². The molecular formula is C14H21BrN2. The molecule has 0 saturated carbocycles. The molecule has 2 rings (SSSR count). The Bertz CT molecular complexity index is 378. The molecule has 1 aromatic carbocycles. The molecule has 17 heavy (non-hydrogen) atoms. The molecule has 0 amide bonds. The molecule has 1 aliphatic rings. The largest absolute Gasteiger partial charge is 0.371 e. The van der Waals surface area contributed by atoms with E-state index in [4.69, 9.17) is 5.73 Å². The lowest BCUT2D eigenvalue weighted by atomic mass is 9.95. The van der Waals surface area contributed by atoms with Crippen molar-refractivity contribution in [2.45, 2.75) is 32.7 Å². The Morgan fingerprint density at radius 3 is 3.00 bits per heavy atom. The SMILES string of the molecule is CCC1CCCN(c2cc(Br)ccc2CN)C1. The zero-order valence-corrected chi connectivity index (χ0v) is 12.0. The van der Waals surface area contributed by atoms with Crippen molar-refractivity contribution in [3.63, 3.8) is 0 Å². The van der Waals surface area contributed by atoms with Gasteiger partial charge in [0.2, 0.25) is 0 Å². The van der Waals surface area contributed by atoms with Crippen molar-refractivity contribution in [1.82, 2.24) is 0 Å². The van der Waals surface area contributed by atoms with Gasteiger partial charge in [0, 0.05) is 29.8 Å². The highest BCUT2D eigenvalue weighted by molar-refractivity contribution is 9.10. The molecule has 0 bridgehead atoms. The minimum Gasteiger partial charge on any atom is -0.371 e. The van der Waals surface area contributed by atoms with Crippen LogP contribution in [-0.4, -0.2) is 13.1 Å². The number of piperidine rings is 1. The molecule has 0 radical (unpaired) electrons. The Balaban J connectivity index is 2.22. The van der Waals surface area contributed by atoms with E-state index in [2.05, 4.69) is 46.0 Å². The summed E-state index contributed by atoms with van der Waals surface area (Å²) in [4.78, 5) is 2.50. The minimum atomic E-state index is 0.621. The van der Waals surface area contributed by atoms with Gasteiger partial charge in [0.25, 0.3) is 0 Å². The van der Waals surface area contributed by atoms with Gasteiger partial charge in [-0.15, -0.1) is 0 Å². The Hall–Kier alpha value is -0.540. The fourth-order valence-electron chi connectivity index (χ4n) is 2.62. The van der Waals surface area contributed by atoms with Crippen LogP contribution in [0.3, 0.4) is 0 Å². The zero-order chi connectivity index (χ0) is 12.3. The van der Waals surface area contributed by atoms with Crippen LogP contribution in [0, 0.1) is 5.92 Å². The normalized spacial score (nSPS) is 20.6. The summed E-state index contributed by atoms with van der Waals surface area (Å²) in [6.45, 7) is 5.26. The van der Waals surface area contributed by atoms with Crippen LogP contribution < -0.4 is 10.6 Å². The second-order valence-electron chi connectivity index (χ2n) is 4.84. The maximum Gasteiger partial charge on any atom is 0.0423 e. The molecule has 0 aliphatic carbocycles. The quantitative estimate of drug-likeness (QED) is 0.924. The maximum atomic E-state index is 5.83. The zero-order valence-electron chi connectivity index (χ0n) is 10.5. The van der Waals surface area contributed by atoms with Crippen LogP contribution in [0.25, 0.3) is 0 Å². The molecule has 1 atom stereocenters. The fourth-order valence-corrected chi connectivity index (χ4v) is 2.97. The Labute approximate surface area is 112 Å². The summed E-state index contributed by atoms with van der Waals surface area (Å²) in [5, 5.41) is 0. The van der Waals surface area contributed by atoms with Crippen molar-refractivity contribution in [3.8, 4) is 0 Å². The highest BCUT2D eigenvalue weighted by Gasteiger charge is 2.20. The molecule has 1 aliphatic heterocycles. The monoisotopic (exact) mass is 296 g/mol. The molecule has 2 nitrogen and oxygen atoms in total. The van der Waals surface area contributed by atoms with Gasteiger partial charge in [-0.1, -0.05) is 35.3 Å². The fraction of sp³-hybridized carbons (Fsp3) is 0.571. The first kappa shape index (κ1) is 12.9. The summed E-state index contributed by atoms with van der Waals surface area (Å²) >= 11 is 3.56. The number of hydrogen-bond donors (Lipinski definition) is 1. The third-order valence-electron chi connectivity index (χ3n) is 3.70. The number of nitrogens with two attached hydrogens (primary N) is 1. The van der Waals surface area contributed by atoms with Crippen LogP contribution in [0.2, 0.25) is 0 Å². The first-order valence-corrected chi connectivity index (χ1v) is 7.27. The van der Waals surface area contributed by atoms with Gasteiger partial charge >= 0.3 is 0 Å². The van der Waals surface area contributed by atoms with Crippen LogP contribution in [0.5, 0.6) is 0 Å². The number of anilines is 1. The van der Waals surface area contributed by atoms with E-state index in [1.165, 1.54) is 43.6 Å². The van der Waals surface area contributed by atoms with Gasteiger partial charge in [0.05, 0.1) is 0 Å². The molecule has 0 aromatic heterocycles. The van der Waals surface area contributed by atoms with E-state index in [1.807, 2.05) is 0 Å². The number of hydrogen-bond acceptors (Lipinski definition) is 2. The van der Waals surface area contributed by atoms with Gasteiger partial charge in [0.15, 0.2) is 0 Å². The summed E-state index contributed by atoms with van der Waals surface area (Å²) in [7, 11) is 0. The second-order valence-corrected chi connectivity index (χ2v) is 5.76. The summed E-state index contributed by atoms with van der Waals surface area (Å²) < 4.78 is 1.14. The van der Waals surface area contributed by atoms with Crippen LogP contribution in [0.1, 0.15) is 31.7 Å². The molecular weight excluding hydrogens is 276 g/mol. The summed E-state index contributed by atoms with van der Waals surface area (Å²) in [5.41, 5.74) is 8.41. The van der Waals surface area contributed by atoms with E-state index in [1.54, 1.807) is 0 Å². The molecule has 3 heteroatoms. The lowest BCUT2D eigenvalue weighted by Gasteiger charge is -2.35. The predicted octanol–water partition coefficient (Wildman–Crippen LogP) is 3.53. The van der Waals surface area contributed by atoms with Crippen molar-refractivity contribution in [1.29, 1.82) is 0 Å². The molecule has 1 saturated heterocycles. The van der Waals surface area contributed by atoms with Gasteiger partial charge < -0.3 is 10.6 Å². The van der Waals surface area contributed by atoms with Crippen LogP contribution in [-0.2, 0) is 6.54 Å². The number of halogens is 1. The van der Waals surface area contributed by atoms with Gasteiger partial charge in [0.1, 0.15) is 0 Å². The van der Waals surface area contributed by atoms with Crippen LogP contribution in [0.15, 0.2) is 22.7 Å². The van der Waals surface area contributed by atoms with Gasteiger partial charge in [-0.2, -0.15) is 0 Å². The van der Waals surface area contributed by atoms with Gasteiger partial charge in [-0.3, -0.25) is 0 Å². The van der Waals surface area contributed by atoms with Crippen LogP contribution >= 0.6 is 15.9 Å². The molecule has 0 spiro atoms. The first-order valence-electron chi connectivity index (χ1n) is 6.48. The average Bonchev–Trinajstić information content (AvgIpc) is 2.39. The smallest absolute Gasteiger partial charge is 0.0423 e. The Kier molecular flexibility index (Phi) is 4.46. The van der Waals surface area contributed by atoms with Crippen molar-refractivity contribution < 1.29 is 0 Å². The molecule has 1 aromatic rings. The molecule has 94 valence electrons. The number of nitrogens with zero attached hydrogens (tertiary/aromatic N) is 1. The molecule has 2 N–H and O–H groups in total. The highest BCUT2D eigenvalue weighted by atomic mass is 79.9. The standard InChI is InChI=1S/C14H21BrN2/c1-2-11-4-3-7-17(10-11)14-8-13(15)6-5-12(14)9-16/h5-6,8,11H,2-4,7,9-10,16H2,1H3. The van der Waals surface area contributed by atoms with E-state index in [9.17, 15) is 0 Å². The third-order valence-corrected chi connectivity index (χ3v) is 4.20. The Morgan fingerprint density at radius 1 is 1.47 bits per heavy atom. The van der Waals surface area contributed by atoms with Crippen molar-refractivity contribution in [2.24, 2.45) is 11.7 Å². The van der Waals surface area contributed by atoms with E-state index in [-0.39, 0.29) is 0 Å². The average molecular weight is 297 g/mol. The van der Waals surface area contributed by atoms with Crippen molar-refractivity contribution in [3.05, 3.63) is 28.2 Å².